The maximum Gasteiger partial charge on any atom is 0.323 e. The van der Waals surface area contributed by atoms with Crippen LogP contribution in [0.25, 0.3) is 0 Å². The molecule has 2 rings (SSSR count). The van der Waals surface area contributed by atoms with E-state index in [4.69, 9.17) is 4.74 Å². The summed E-state index contributed by atoms with van der Waals surface area (Å²) in [6.07, 6.45) is 0. The van der Waals surface area contributed by atoms with Crippen LogP contribution in [0.3, 0.4) is 0 Å². The predicted molar refractivity (Wildman–Crippen MR) is 81.4 cm³/mol. The summed E-state index contributed by atoms with van der Waals surface area (Å²) in [5, 5.41) is 5.35. The molecule has 21 heavy (non-hydrogen) atoms. The summed E-state index contributed by atoms with van der Waals surface area (Å²) < 4.78 is 18.5. The van der Waals surface area contributed by atoms with Gasteiger partial charge in [0.1, 0.15) is 11.6 Å². The average molecular weight is 288 g/mol. The first-order valence-corrected chi connectivity index (χ1v) is 6.65. The van der Waals surface area contributed by atoms with Gasteiger partial charge in [-0.2, -0.15) is 0 Å². The van der Waals surface area contributed by atoms with Crippen LogP contribution in [-0.2, 0) is 0 Å². The average Bonchev–Trinajstić information content (AvgIpc) is 2.43. The van der Waals surface area contributed by atoms with Gasteiger partial charge in [-0.25, -0.2) is 9.18 Å². The van der Waals surface area contributed by atoms with Crippen molar-refractivity contribution in [2.24, 2.45) is 0 Å². The molecule has 5 heteroatoms. The third kappa shape index (κ3) is 4.21. The van der Waals surface area contributed by atoms with Crippen LogP contribution in [0.2, 0.25) is 0 Å². The van der Waals surface area contributed by atoms with Crippen molar-refractivity contribution in [3.63, 3.8) is 0 Å². The molecule has 2 N–H and O–H groups in total. The predicted octanol–water partition coefficient (Wildman–Crippen LogP) is 4.18. The highest BCUT2D eigenvalue weighted by Crippen LogP contribution is 2.18. The van der Waals surface area contributed by atoms with Gasteiger partial charge in [0.25, 0.3) is 0 Å². The van der Waals surface area contributed by atoms with Gasteiger partial charge in [-0.1, -0.05) is 6.07 Å². The molecule has 0 bridgehead atoms. The van der Waals surface area contributed by atoms with Crippen LogP contribution in [0.15, 0.2) is 42.5 Å². The minimum atomic E-state index is -0.394. The highest BCUT2D eigenvalue weighted by molar-refractivity contribution is 5.99. The highest BCUT2D eigenvalue weighted by atomic mass is 19.1. The number of anilines is 2. The first-order chi connectivity index (χ1) is 10.1. The van der Waals surface area contributed by atoms with E-state index >= 15 is 0 Å². The molecule has 0 saturated carbocycles. The Bertz CT molecular complexity index is 644. The van der Waals surface area contributed by atoms with Gasteiger partial charge in [0.2, 0.25) is 0 Å². The van der Waals surface area contributed by atoms with Crippen LogP contribution in [0, 0.1) is 12.7 Å². The minimum absolute atomic E-state index is 0.301. The van der Waals surface area contributed by atoms with Crippen molar-refractivity contribution < 1.29 is 13.9 Å². The van der Waals surface area contributed by atoms with Crippen LogP contribution in [0.5, 0.6) is 5.75 Å². The van der Waals surface area contributed by atoms with Crippen molar-refractivity contribution in [1.82, 2.24) is 0 Å². The number of aryl methyl sites for hydroxylation is 1. The van der Waals surface area contributed by atoms with Crippen LogP contribution in [0.4, 0.5) is 20.6 Å². The number of carbonyl (C=O) groups is 1. The van der Waals surface area contributed by atoms with Gasteiger partial charge in [-0.15, -0.1) is 0 Å². The topological polar surface area (TPSA) is 50.4 Å². The number of hydrogen-bond donors (Lipinski definition) is 2. The van der Waals surface area contributed by atoms with E-state index in [1.54, 1.807) is 31.2 Å². The second kappa shape index (κ2) is 6.74. The third-order valence-electron chi connectivity index (χ3n) is 2.82. The van der Waals surface area contributed by atoms with Gasteiger partial charge >= 0.3 is 6.03 Å². The molecule has 0 heterocycles. The summed E-state index contributed by atoms with van der Waals surface area (Å²) in [5.41, 5.74) is 1.63. The first-order valence-electron chi connectivity index (χ1n) is 6.65. The number of nitrogens with one attached hydrogen (secondary N) is 2. The molecule has 0 aliphatic carbocycles. The van der Waals surface area contributed by atoms with E-state index in [1.807, 2.05) is 13.0 Å². The molecule has 0 spiro atoms. The van der Waals surface area contributed by atoms with Crippen LogP contribution in [0.1, 0.15) is 12.5 Å². The number of benzene rings is 2. The van der Waals surface area contributed by atoms with Gasteiger partial charge in [0, 0.05) is 17.4 Å². The number of ether oxygens (including phenoxy) is 1. The zero-order chi connectivity index (χ0) is 15.2. The molecule has 0 atom stereocenters. The molecule has 0 unspecified atom stereocenters. The minimum Gasteiger partial charge on any atom is -0.494 e. The molecule has 0 saturated heterocycles. The van der Waals surface area contributed by atoms with Gasteiger partial charge in [0.05, 0.1) is 6.61 Å². The van der Waals surface area contributed by atoms with Gasteiger partial charge in [-0.05, 0) is 49.7 Å². The fourth-order valence-electron chi connectivity index (χ4n) is 1.85. The zero-order valence-corrected chi connectivity index (χ0v) is 11.9. The van der Waals surface area contributed by atoms with E-state index in [0.29, 0.717) is 29.3 Å². The Balaban J connectivity index is 2.01. The molecule has 0 aliphatic rings. The third-order valence-corrected chi connectivity index (χ3v) is 2.82. The highest BCUT2D eigenvalue weighted by Gasteiger charge is 2.05. The number of halogens is 1. The van der Waals surface area contributed by atoms with Crippen molar-refractivity contribution in [1.29, 1.82) is 0 Å². The lowest BCUT2D eigenvalue weighted by molar-refractivity contribution is 0.262. The quantitative estimate of drug-likeness (QED) is 0.886. The standard InChI is InChI=1S/C16H17FN2O2/c1-3-21-14-6-4-5-12(10-14)18-16(20)19-13-7-8-15(17)11(2)9-13/h4-10H,3H2,1-2H3,(H2,18,19,20). The Labute approximate surface area is 122 Å². The number of hydrogen-bond acceptors (Lipinski definition) is 2. The Morgan fingerprint density at radius 2 is 1.86 bits per heavy atom. The number of urea groups is 1. The van der Waals surface area contributed by atoms with E-state index < -0.39 is 6.03 Å². The second-order valence-electron chi connectivity index (χ2n) is 4.50. The molecule has 0 aliphatic heterocycles. The molecule has 2 amide bonds. The first kappa shape index (κ1) is 14.8. The van der Waals surface area contributed by atoms with Crippen molar-refractivity contribution >= 4 is 17.4 Å². The molecule has 110 valence electrons. The Kier molecular flexibility index (Phi) is 4.77. The van der Waals surface area contributed by atoms with E-state index in [-0.39, 0.29) is 5.82 Å². The maximum absolute atomic E-state index is 13.2. The van der Waals surface area contributed by atoms with E-state index in [2.05, 4.69) is 10.6 Å². The maximum atomic E-state index is 13.2. The van der Waals surface area contributed by atoms with Gasteiger partial charge in [-0.3, -0.25) is 0 Å². The molecular formula is C16H17FN2O2. The molecule has 4 nitrogen and oxygen atoms in total. The lowest BCUT2D eigenvalue weighted by Crippen LogP contribution is -2.19. The normalized spacial score (nSPS) is 10.0. The summed E-state index contributed by atoms with van der Waals surface area (Å²) >= 11 is 0. The summed E-state index contributed by atoms with van der Waals surface area (Å²) in [7, 11) is 0. The number of rotatable bonds is 4. The zero-order valence-electron chi connectivity index (χ0n) is 11.9. The summed E-state index contributed by atoms with van der Waals surface area (Å²) in [6.45, 7) is 4.10. The summed E-state index contributed by atoms with van der Waals surface area (Å²) in [4.78, 5) is 11.9. The van der Waals surface area contributed by atoms with Crippen LogP contribution < -0.4 is 15.4 Å². The van der Waals surface area contributed by atoms with Crippen molar-refractivity contribution in [2.45, 2.75) is 13.8 Å². The number of carbonyl (C=O) groups excluding carboxylic acids is 1. The van der Waals surface area contributed by atoms with E-state index in [0.717, 1.165) is 0 Å². The van der Waals surface area contributed by atoms with Crippen molar-refractivity contribution in [3.05, 3.63) is 53.8 Å². The Morgan fingerprint density at radius 1 is 1.14 bits per heavy atom. The largest absolute Gasteiger partial charge is 0.494 e. The SMILES string of the molecule is CCOc1cccc(NC(=O)Nc2ccc(F)c(C)c2)c1. The second-order valence-corrected chi connectivity index (χ2v) is 4.50. The summed E-state index contributed by atoms with van der Waals surface area (Å²) in [5.74, 6) is 0.387. The van der Waals surface area contributed by atoms with Crippen LogP contribution in [-0.4, -0.2) is 12.6 Å². The lowest BCUT2D eigenvalue weighted by Gasteiger charge is -2.10. The molecule has 0 aromatic heterocycles. The molecule has 2 aromatic carbocycles. The van der Waals surface area contributed by atoms with Crippen molar-refractivity contribution in [3.8, 4) is 5.75 Å². The smallest absolute Gasteiger partial charge is 0.323 e. The Hall–Kier alpha value is -2.56. The van der Waals surface area contributed by atoms with Gasteiger partial charge < -0.3 is 15.4 Å². The van der Waals surface area contributed by atoms with Gasteiger partial charge in [0.15, 0.2) is 0 Å². The molecule has 2 aromatic rings. The summed E-state index contributed by atoms with van der Waals surface area (Å²) in [6, 6.07) is 11.1. The lowest BCUT2D eigenvalue weighted by atomic mass is 10.2. The molecule has 0 fully saturated rings. The van der Waals surface area contributed by atoms with Crippen LogP contribution >= 0.6 is 0 Å². The molecule has 0 radical (unpaired) electrons. The fraction of sp³-hybridized carbons (Fsp3) is 0.188. The van der Waals surface area contributed by atoms with E-state index in [1.165, 1.54) is 12.1 Å². The van der Waals surface area contributed by atoms with E-state index in [9.17, 15) is 9.18 Å². The monoisotopic (exact) mass is 288 g/mol. The molecular weight excluding hydrogens is 271 g/mol. The number of amides is 2. The fourth-order valence-corrected chi connectivity index (χ4v) is 1.85. The Morgan fingerprint density at radius 3 is 2.52 bits per heavy atom. The van der Waals surface area contributed by atoms with Crippen molar-refractivity contribution in [2.75, 3.05) is 17.2 Å².